The molecule has 3 rings (SSSR count). The molecule has 2 aliphatic rings. The maximum atomic E-state index is 13.2. The highest BCUT2D eigenvalue weighted by atomic mass is 19.1. The fraction of sp³-hybridized carbons (Fsp3) is 0.619. The molecule has 148 valence electrons. The minimum absolute atomic E-state index is 0.0190. The van der Waals surface area contributed by atoms with E-state index < -0.39 is 5.60 Å². The lowest BCUT2D eigenvalue weighted by molar-refractivity contribution is -0.125. The molecule has 1 atom stereocenters. The Labute approximate surface area is 160 Å². The van der Waals surface area contributed by atoms with Crippen molar-refractivity contribution in [3.63, 3.8) is 0 Å². The second-order valence-corrected chi connectivity index (χ2v) is 8.77. The Morgan fingerprint density at radius 1 is 1.26 bits per heavy atom. The molecule has 1 aromatic rings. The van der Waals surface area contributed by atoms with Crippen molar-refractivity contribution in [3.8, 4) is 0 Å². The number of amides is 2. The van der Waals surface area contributed by atoms with Gasteiger partial charge in [0.1, 0.15) is 11.4 Å². The summed E-state index contributed by atoms with van der Waals surface area (Å²) in [6, 6.07) is 6.60. The Balaban J connectivity index is 1.53. The van der Waals surface area contributed by atoms with Crippen LogP contribution in [0.5, 0.6) is 0 Å². The number of benzene rings is 1. The maximum Gasteiger partial charge on any atom is 0.410 e. The summed E-state index contributed by atoms with van der Waals surface area (Å²) in [7, 11) is 0. The van der Waals surface area contributed by atoms with Crippen LogP contribution in [0.3, 0.4) is 0 Å². The Kier molecular flexibility index (Phi) is 5.45. The van der Waals surface area contributed by atoms with Crippen molar-refractivity contribution in [2.24, 2.45) is 5.92 Å². The number of ether oxygens (including phenoxy) is 1. The van der Waals surface area contributed by atoms with Crippen molar-refractivity contribution in [3.05, 3.63) is 35.6 Å². The van der Waals surface area contributed by atoms with E-state index in [1.807, 2.05) is 32.9 Å². The van der Waals surface area contributed by atoms with Crippen LogP contribution < -0.4 is 5.32 Å². The molecule has 5 nitrogen and oxygen atoms in total. The van der Waals surface area contributed by atoms with Gasteiger partial charge in [-0.15, -0.1) is 0 Å². The summed E-state index contributed by atoms with van der Waals surface area (Å²) in [6.07, 6.45) is 3.39. The van der Waals surface area contributed by atoms with Gasteiger partial charge in [-0.2, -0.15) is 0 Å². The van der Waals surface area contributed by atoms with Gasteiger partial charge in [-0.1, -0.05) is 18.6 Å². The minimum Gasteiger partial charge on any atom is -0.444 e. The molecule has 2 amide bonds. The number of halogens is 1. The fourth-order valence-corrected chi connectivity index (χ4v) is 3.84. The van der Waals surface area contributed by atoms with E-state index in [-0.39, 0.29) is 29.2 Å². The van der Waals surface area contributed by atoms with Crippen molar-refractivity contribution in [1.82, 2.24) is 10.2 Å². The molecular weight excluding hydrogens is 347 g/mol. The standard InChI is InChI=1S/C21H29FN2O3/c1-20(2,3)27-19(26)24-12-9-15(13-24)18(25)23-14-21(10-4-11-21)16-5-7-17(22)8-6-16/h5-8,15H,4,9-14H2,1-3H3,(H,23,25). The van der Waals surface area contributed by atoms with Crippen molar-refractivity contribution >= 4 is 12.0 Å². The molecule has 6 heteroatoms. The van der Waals surface area contributed by atoms with Crippen LogP contribution >= 0.6 is 0 Å². The van der Waals surface area contributed by atoms with Crippen LogP contribution in [0.4, 0.5) is 9.18 Å². The highest BCUT2D eigenvalue weighted by molar-refractivity contribution is 5.80. The van der Waals surface area contributed by atoms with Crippen molar-refractivity contribution < 1.29 is 18.7 Å². The van der Waals surface area contributed by atoms with E-state index in [1.165, 1.54) is 12.1 Å². The first-order valence-corrected chi connectivity index (χ1v) is 9.70. The average molecular weight is 376 g/mol. The summed E-state index contributed by atoms with van der Waals surface area (Å²) in [4.78, 5) is 26.4. The summed E-state index contributed by atoms with van der Waals surface area (Å²) < 4.78 is 18.6. The van der Waals surface area contributed by atoms with Gasteiger partial charge >= 0.3 is 6.09 Å². The largest absolute Gasteiger partial charge is 0.444 e. The number of likely N-dealkylation sites (tertiary alicyclic amines) is 1. The monoisotopic (exact) mass is 376 g/mol. The summed E-state index contributed by atoms with van der Waals surface area (Å²) in [5.74, 6) is -0.470. The third-order valence-electron chi connectivity index (χ3n) is 5.58. The first-order chi connectivity index (χ1) is 12.7. The lowest BCUT2D eigenvalue weighted by atomic mass is 9.64. The van der Waals surface area contributed by atoms with Crippen LogP contribution in [0.1, 0.15) is 52.0 Å². The molecular formula is C21H29FN2O3. The van der Waals surface area contributed by atoms with E-state index in [4.69, 9.17) is 4.74 Å². The SMILES string of the molecule is CC(C)(C)OC(=O)N1CCC(C(=O)NCC2(c3ccc(F)cc3)CCC2)C1. The second kappa shape index (κ2) is 7.49. The number of hydrogen-bond acceptors (Lipinski definition) is 3. The summed E-state index contributed by atoms with van der Waals surface area (Å²) in [5, 5.41) is 3.08. The van der Waals surface area contributed by atoms with Gasteiger partial charge in [-0.3, -0.25) is 4.79 Å². The normalized spacial score (nSPS) is 21.5. The number of carbonyl (C=O) groups is 2. The molecule has 1 aliphatic carbocycles. The lowest BCUT2D eigenvalue weighted by Gasteiger charge is -2.42. The van der Waals surface area contributed by atoms with Gasteiger partial charge < -0.3 is 15.0 Å². The van der Waals surface area contributed by atoms with Crippen LogP contribution in [-0.4, -0.2) is 42.1 Å². The molecule has 0 bridgehead atoms. The van der Waals surface area contributed by atoms with E-state index in [0.717, 1.165) is 24.8 Å². The van der Waals surface area contributed by atoms with Crippen LogP contribution in [0.25, 0.3) is 0 Å². The molecule has 1 saturated carbocycles. The van der Waals surface area contributed by atoms with E-state index >= 15 is 0 Å². The van der Waals surface area contributed by atoms with Crippen molar-refractivity contribution in [2.75, 3.05) is 19.6 Å². The van der Waals surface area contributed by atoms with Crippen LogP contribution in [-0.2, 0) is 14.9 Å². The number of nitrogens with one attached hydrogen (secondary N) is 1. The van der Waals surface area contributed by atoms with Gasteiger partial charge in [0, 0.05) is 25.0 Å². The lowest BCUT2D eigenvalue weighted by Crippen LogP contribution is -2.47. The smallest absolute Gasteiger partial charge is 0.410 e. The number of nitrogens with zero attached hydrogens (tertiary/aromatic N) is 1. The third-order valence-corrected chi connectivity index (χ3v) is 5.58. The minimum atomic E-state index is -0.539. The van der Waals surface area contributed by atoms with Gasteiger partial charge in [-0.25, -0.2) is 9.18 Å². The topological polar surface area (TPSA) is 58.6 Å². The molecule has 0 radical (unpaired) electrons. The Hall–Kier alpha value is -2.11. The van der Waals surface area contributed by atoms with Gasteiger partial charge in [-0.05, 0) is 57.7 Å². The number of rotatable bonds is 4. The zero-order valence-corrected chi connectivity index (χ0v) is 16.4. The van der Waals surface area contributed by atoms with E-state index in [0.29, 0.717) is 26.1 Å². The van der Waals surface area contributed by atoms with Gasteiger partial charge in [0.25, 0.3) is 0 Å². The quantitative estimate of drug-likeness (QED) is 0.873. The zero-order valence-electron chi connectivity index (χ0n) is 16.4. The summed E-state index contributed by atoms with van der Waals surface area (Å²) in [6.45, 7) is 6.98. The maximum absolute atomic E-state index is 13.2. The molecule has 1 aromatic carbocycles. The Morgan fingerprint density at radius 3 is 2.48 bits per heavy atom. The van der Waals surface area contributed by atoms with Crippen LogP contribution in [0, 0.1) is 11.7 Å². The molecule has 1 unspecified atom stereocenters. The van der Waals surface area contributed by atoms with E-state index in [9.17, 15) is 14.0 Å². The predicted molar refractivity (Wildman–Crippen MR) is 101 cm³/mol. The summed E-state index contributed by atoms with van der Waals surface area (Å²) >= 11 is 0. The summed E-state index contributed by atoms with van der Waals surface area (Å²) in [5.41, 5.74) is 0.452. The van der Waals surface area contributed by atoms with Gasteiger partial charge in [0.2, 0.25) is 5.91 Å². The fourth-order valence-electron chi connectivity index (χ4n) is 3.84. The molecule has 0 aromatic heterocycles. The van der Waals surface area contributed by atoms with Gasteiger partial charge in [0.15, 0.2) is 0 Å². The molecule has 1 heterocycles. The number of carbonyl (C=O) groups excluding carboxylic acids is 2. The predicted octanol–water partition coefficient (Wildman–Crippen LogP) is 3.62. The van der Waals surface area contributed by atoms with Crippen molar-refractivity contribution in [2.45, 2.75) is 57.5 Å². The van der Waals surface area contributed by atoms with Gasteiger partial charge in [0.05, 0.1) is 5.92 Å². The molecule has 0 spiro atoms. The highest BCUT2D eigenvalue weighted by Crippen LogP contribution is 2.43. The Morgan fingerprint density at radius 2 is 1.93 bits per heavy atom. The molecule has 1 aliphatic heterocycles. The molecule has 1 saturated heterocycles. The molecule has 27 heavy (non-hydrogen) atoms. The molecule has 2 fully saturated rings. The first kappa shape index (κ1) is 19.6. The number of hydrogen-bond donors (Lipinski definition) is 1. The third kappa shape index (κ3) is 4.60. The zero-order chi connectivity index (χ0) is 19.7. The average Bonchev–Trinajstić information content (AvgIpc) is 3.04. The Bertz CT molecular complexity index is 692. The van der Waals surface area contributed by atoms with Crippen LogP contribution in [0.2, 0.25) is 0 Å². The first-order valence-electron chi connectivity index (χ1n) is 9.70. The second-order valence-electron chi connectivity index (χ2n) is 8.77. The highest BCUT2D eigenvalue weighted by Gasteiger charge is 2.40. The van der Waals surface area contributed by atoms with Crippen LogP contribution in [0.15, 0.2) is 24.3 Å². The molecule has 1 N–H and O–H groups in total. The van der Waals surface area contributed by atoms with E-state index in [1.54, 1.807) is 4.90 Å². The van der Waals surface area contributed by atoms with Crippen molar-refractivity contribution in [1.29, 1.82) is 0 Å². The van der Waals surface area contributed by atoms with E-state index in [2.05, 4.69) is 5.32 Å².